The Labute approximate surface area is 86.8 Å². The first-order chi connectivity index (χ1) is 7.31. The van der Waals surface area contributed by atoms with Gasteiger partial charge in [0.25, 0.3) is 0 Å². The average molecular weight is 202 g/mol. The van der Waals surface area contributed by atoms with Gasteiger partial charge in [0.1, 0.15) is 0 Å². The van der Waals surface area contributed by atoms with E-state index in [9.17, 15) is 4.79 Å². The maximum Gasteiger partial charge on any atom is 0.197 e. The number of rotatable bonds is 3. The summed E-state index contributed by atoms with van der Waals surface area (Å²) in [7, 11) is 0. The molecule has 0 spiro atoms. The molecule has 2 rings (SSSR count). The van der Waals surface area contributed by atoms with Gasteiger partial charge in [-0.1, -0.05) is 0 Å². The largest absolute Gasteiger partial charge is 0.288 e. The van der Waals surface area contributed by atoms with Crippen molar-refractivity contribution in [3.63, 3.8) is 0 Å². The number of nitrogens with zero attached hydrogens (tertiary/aromatic N) is 4. The molecule has 0 fully saturated rings. The third-order valence-corrected chi connectivity index (χ3v) is 2.07. The molecule has 0 aliphatic rings. The minimum absolute atomic E-state index is 0.0791. The van der Waals surface area contributed by atoms with Crippen molar-refractivity contribution >= 4 is 5.78 Å². The quantitative estimate of drug-likeness (QED) is 0.694. The van der Waals surface area contributed by atoms with Gasteiger partial charge in [-0.15, -0.1) is 0 Å². The molecule has 0 aliphatic carbocycles. The number of aromatic nitrogens is 4. The summed E-state index contributed by atoms with van der Waals surface area (Å²) in [6.07, 6.45) is 6.23. The third kappa shape index (κ3) is 1.90. The molecule has 0 saturated carbocycles. The monoisotopic (exact) mass is 202 g/mol. The summed E-state index contributed by atoms with van der Waals surface area (Å²) in [6.45, 7) is 2.72. The first-order valence-electron chi connectivity index (χ1n) is 4.65. The van der Waals surface area contributed by atoms with E-state index >= 15 is 0 Å². The van der Waals surface area contributed by atoms with Crippen molar-refractivity contribution in [1.29, 1.82) is 0 Å². The highest BCUT2D eigenvalue weighted by atomic mass is 16.1. The standard InChI is InChI=1S/C10H10N4O/c1-2-14-7-9(6-13-14)10(15)8-3-4-11-12-5-8/h3-7H,2H2,1H3. The predicted molar refractivity (Wildman–Crippen MR) is 53.4 cm³/mol. The SMILES string of the molecule is CCn1cc(C(=O)c2ccnnc2)cn1. The second-order valence-electron chi connectivity index (χ2n) is 3.04. The molecule has 15 heavy (non-hydrogen) atoms. The van der Waals surface area contributed by atoms with E-state index in [4.69, 9.17) is 0 Å². The zero-order valence-corrected chi connectivity index (χ0v) is 8.29. The molecule has 0 unspecified atom stereocenters. The Morgan fingerprint density at radius 1 is 1.33 bits per heavy atom. The Hall–Kier alpha value is -2.04. The molecule has 0 amide bonds. The van der Waals surface area contributed by atoms with Crippen LogP contribution in [0.25, 0.3) is 0 Å². The molecule has 2 aromatic rings. The Morgan fingerprint density at radius 3 is 2.80 bits per heavy atom. The lowest BCUT2D eigenvalue weighted by Gasteiger charge is -1.95. The molecule has 2 heterocycles. The lowest BCUT2D eigenvalue weighted by molar-refractivity contribution is 0.103. The molecule has 2 aromatic heterocycles. The van der Waals surface area contributed by atoms with E-state index < -0.39 is 0 Å². The van der Waals surface area contributed by atoms with E-state index in [1.807, 2.05) is 6.92 Å². The summed E-state index contributed by atoms with van der Waals surface area (Å²) in [5.41, 5.74) is 1.10. The third-order valence-electron chi connectivity index (χ3n) is 2.07. The molecule has 5 heteroatoms. The van der Waals surface area contributed by atoms with Crippen LogP contribution in [0, 0.1) is 0 Å². The van der Waals surface area contributed by atoms with Crippen LogP contribution < -0.4 is 0 Å². The van der Waals surface area contributed by atoms with Gasteiger partial charge < -0.3 is 0 Å². The van der Waals surface area contributed by atoms with Crippen LogP contribution in [-0.2, 0) is 6.54 Å². The molecule has 0 radical (unpaired) electrons. The highest BCUT2D eigenvalue weighted by Crippen LogP contribution is 2.06. The van der Waals surface area contributed by atoms with Crippen LogP contribution in [0.3, 0.4) is 0 Å². The van der Waals surface area contributed by atoms with Crippen LogP contribution in [-0.4, -0.2) is 25.8 Å². The van der Waals surface area contributed by atoms with Crippen LogP contribution in [0.15, 0.2) is 30.9 Å². The highest BCUT2D eigenvalue weighted by molar-refractivity contribution is 6.08. The van der Waals surface area contributed by atoms with Crippen molar-refractivity contribution < 1.29 is 4.79 Å². The van der Waals surface area contributed by atoms with Gasteiger partial charge in [0.05, 0.1) is 24.2 Å². The van der Waals surface area contributed by atoms with Gasteiger partial charge in [-0.2, -0.15) is 15.3 Å². The summed E-state index contributed by atoms with van der Waals surface area (Å²) >= 11 is 0. The molecule has 0 N–H and O–H groups in total. The Balaban J connectivity index is 2.29. The number of hydrogen-bond acceptors (Lipinski definition) is 4. The maximum atomic E-state index is 11.9. The van der Waals surface area contributed by atoms with E-state index in [0.717, 1.165) is 6.54 Å². The Morgan fingerprint density at radius 2 is 2.20 bits per heavy atom. The van der Waals surface area contributed by atoms with Crippen molar-refractivity contribution in [2.75, 3.05) is 0 Å². The molecule has 0 bridgehead atoms. The van der Waals surface area contributed by atoms with E-state index in [1.54, 1.807) is 23.1 Å². The zero-order valence-electron chi connectivity index (χ0n) is 8.29. The topological polar surface area (TPSA) is 60.7 Å². The van der Waals surface area contributed by atoms with E-state index in [1.165, 1.54) is 12.4 Å². The lowest BCUT2D eigenvalue weighted by Crippen LogP contribution is -2.01. The van der Waals surface area contributed by atoms with Crippen molar-refractivity contribution in [3.05, 3.63) is 42.0 Å². The van der Waals surface area contributed by atoms with Gasteiger partial charge in [0.15, 0.2) is 5.78 Å². The molecule has 0 aliphatic heterocycles. The summed E-state index contributed by atoms with van der Waals surface area (Å²) in [5, 5.41) is 11.3. The Bertz CT molecular complexity index is 463. The summed E-state index contributed by atoms with van der Waals surface area (Å²) in [4.78, 5) is 11.9. The summed E-state index contributed by atoms with van der Waals surface area (Å²) in [6, 6.07) is 1.64. The first kappa shape index (κ1) is 9.51. The minimum Gasteiger partial charge on any atom is -0.288 e. The number of carbonyl (C=O) groups is 1. The van der Waals surface area contributed by atoms with Gasteiger partial charge in [0, 0.05) is 18.3 Å². The number of aryl methyl sites for hydroxylation is 1. The highest BCUT2D eigenvalue weighted by Gasteiger charge is 2.10. The minimum atomic E-state index is -0.0791. The van der Waals surface area contributed by atoms with Gasteiger partial charge in [-0.25, -0.2) is 0 Å². The second kappa shape index (κ2) is 4.00. The predicted octanol–water partition coefficient (Wildman–Crippen LogP) is 0.924. The van der Waals surface area contributed by atoms with Gasteiger partial charge in [-0.05, 0) is 13.0 Å². The van der Waals surface area contributed by atoms with Crippen molar-refractivity contribution in [3.8, 4) is 0 Å². The lowest BCUT2D eigenvalue weighted by atomic mass is 10.1. The van der Waals surface area contributed by atoms with Gasteiger partial charge >= 0.3 is 0 Å². The second-order valence-corrected chi connectivity index (χ2v) is 3.04. The summed E-state index contributed by atoms with van der Waals surface area (Å²) in [5.74, 6) is -0.0791. The fourth-order valence-corrected chi connectivity index (χ4v) is 1.25. The molecular weight excluding hydrogens is 192 g/mol. The van der Waals surface area contributed by atoms with E-state index in [2.05, 4.69) is 15.3 Å². The molecule has 0 saturated heterocycles. The van der Waals surface area contributed by atoms with E-state index in [0.29, 0.717) is 11.1 Å². The molecule has 76 valence electrons. The van der Waals surface area contributed by atoms with Crippen molar-refractivity contribution in [2.45, 2.75) is 13.5 Å². The van der Waals surface area contributed by atoms with Gasteiger partial charge in [-0.3, -0.25) is 9.48 Å². The normalized spacial score (nSPS) is 10.2. The average Bonchev–Trinajstić information content (AvgIpc) is 2.78. The fourth-order valence-electron chi connectivity index (χ4n) is 1.25. The van der Waals surface area contributed by atoms with Crippen molar-refractivity contribution in [1.82, 2.24) is 20.0 Å². The van der Waals surface area contributed by atoms with Gasteiger partial charge in [0.2, 0.25) is 0 Å². The van der Waals surface area contributed by atoms with Crippen LogP contribution in [0.2, 0.25) is 0 Å². The van der Waals surface area contributed by atoms with Crippen LogP contribution in [0.4, 0.5) is 0 Å². The van der Waals surface area contributed by atoms with E-state index in [-0.39, 0.29) is 5.78 Å². The van der Waals surface area contributed by atoms with Crippen LogP contribution in [0.5, 0.6) is 0 Å². The smallest absolute Gasteiger partial charge is 0.197 e. The maximum absolute atomic E-state index is 11.9. The number of carbonyl (C=O) groups excluding carboxylic acids is 1. The van der Waals surface area contributed by atoms with Crippen LogP contribution in [0.1, 0.15) is 22.8 Å². The van der Waals surface area contributed by atoms with Crippen LogP contribution >= 0.6 is 0 Å². The molecule has 0 atom stereocenters. The molecular formula is C10H10N4O. The number of ketones is 1. The number of hydrogen-bond donors (Lipinski definition) is 0. The van der Waals surface area contributed by atoms with Crippen molar-refractivity contribution in [2.24, 2.45) is 0 Å². The fraction of sp³-hybridized carbons (Fsp3) is 0.200. The first-order valence-corrected chi connectivity index (χ1v) is 4.65. The Kier molecular flexibility index (Phi) is 2.53. The summed E-state index contributed by atoms with van der Waals surface area (Å²) < 4.78 is 1.71. The molecule has 0 aromatic carbocycles. The molecule has 5 nitrogen and oxygen atoms in total. The zero-order chi connectivity index (χ0) is 10.7.